The lowest BCUT2D eigenvalue weighted by atomic mass is 10.2. The third kappa shape index (κ3) is 3.89. The molecular formula is C12H14F2N2O4. The van der Waals surface area contributed by atoms with E-state index in [1.807, 2.05) is 0 Å². The first-order valence-electron chi connectivity index (χ1n) is 5.60. The minimum absolute atomic E-state index is 0.261. The molecule has 2 N–H and O–H groups in total. The van der Waals surface area contributed by atoms with Gasteiger partial charge in [0, 0.05) is 26.8 Å². The van der Waals surface area contributed by atoms with Gasteiger partial charge in [0.2, 0.25) is 0 Å². The average Bonchev–Trinajstić information content (AvgIpc) is 2.38. The number of hydrogen-bond acceptors (Lipinski definition) is 3. The van der Waals surface area contributed by atoms with E-state index in [1.165, 1.54) is 19.1 Å². The molecule has 1 aromatic carbocycles. The summed E-state index contributed by atoms with van der Waals surface area (Å²) in [6.07, 6.45) is 0. The maximum Gasteiger partial charge on any atom is 0.338 e. The molecular weight excluding hydrogens is 274 g/mol. The molecule has 0 radical (unpaired) electrons. The SMILES string of the molecule is COCCN(C)C(=O)Nc1cc(C(=O)O)c(F)cc1F. The number of methoxy groups -OCH3 is 1. The topological polar surface area (TPSA) is 78.9 Å². The normalized spacial score (nSPS) is 10.2. The summed E-state index contributed by atoms with van der Waals surface area (Å²) >= 11 is 0. The molecule has 0 aliphatic carbocycles. The molecule has 1 aromatic rings. The number of halogens is 2. The summed E-state index contributed by atoms with van der Waals surface area (Å²) in [5, 5.41) is 10.9. The number of hydrogen-bond donors (Lipinski definition) is 2. The number of amides is 2. The lowest BCUT2D eigenvalue weighted by molar-refractivity contribution is 0.0692. The highest BCUT2D eigenvalue weighted by Crippen LogP contribution is 2.20. The number of ether oxygens (including phenoxy) is 1. The summed E-state index contributed by atoms with van der Waals surface area (Å²) in [6, 6.07) is 0.479. The maximum atomic E-state index is 13.5. The number of benzene rings is 1. The Morgan fingerprint density at radius 3 is 2.55 bits per heavy atom. The molecule has 0 fully saturated rings. The van der Waals surface area contributed by atoms with Gasteiger partial charge in [0.25, 0.3) is 0 Å². The molecule has 6 nitrogen and oxygen atoms in total. The zero-order chi connectivity index (χ0) is 15.3. The largest absolute Gasteiger partial charge is 0.478 e. The fourth-order valence-corrected chi connectivity index (χ4v) is 1.35. The van der Waals surface area contributed by atoms with Crippen LogP contribution in [-0.4, -0.2) is 49.3 Å². The fourth-order valence-electron chi connectivity index (χ4n) is 1.35. The number of rotatable bonds is 5. The van der Waals surface area contributed by atoms with Crippen molar-refractivity contribution < 1.29 is 28.2 Å². The predicted molar refractivity (Wildman–Crippen MR) is 66.8 cm³/mol. The minimum Gasteiger partial charge on any atom is -0.478 e. The van der Waals surface area contributed by atoms with E-state index in [1.54, 1.807) is 0 Å². The van der Waals surface area contributed by atoms with Gasteiger partial charge < -0.3 is 20.1 Å². The quantitative estimate of drug-likeness (QED) is 0.865. The van der Waals surface area contributed by atoms with Crippen LogP contribution in [0.3, 0.4) is 0 Å². The van der Waals surface area contributed by atoms with Gasteiger partial charge in [-0.1, -0.05) is 0 Å². The Morgan fingerprint density at radius 1 is 1.35 bits per heavy atom. The van der Waals surface area contributed by atoms with Crippen LogP contribution in [-0.2, 0) is 4.74 Å². The fraction of sp³-hybridized carbons (Fsp3) is 0.333. The number of carboxylic acids is 1. The molecule has 0 saturated carbocycles. The van der Waals surface area contributed by atoms with Gasteiger partial charge in [-0.2, -0.15) is 0 Å². The summed E-state index contributed by atoms with van der Waals surface area (Å²) in [6.45, 7) is 0.549. The maximum absolute atomic E-state index is 13.5. The van der Waals surface area contributed by atoms with E-state index in [0.717, 1.165) is 6.07 Å². The number of carboxylic acid groups (broad SMARTS) is 1. The van der Waals surface area contributed by atoms with Crippen LogP contribution in [0.15, 0.2) is 12.1 Å². The molecule has 0 aliphatic heterocycles. The van der Waals surface area contributed by atoms with Crippen molar-refractivity contribution >= 4 is 17.7 Å². The zero-order valence-corrected chi connectivity index (χ0v) is 10.9. The van der Waals surface area contributed by atoms with Crippen molar-refractivity contribution in [1.29, 1.82) is 0 Å². The number of carbonyl (C=O) groups is 2. The Labute approximate surface area is 113 Å². The molecule has 1 rings (SSSR count). The van der Waals surface area contributed by atoms with Gasteiger partial charge in [0.1, 0.15) is 11.6 Å². The van der Waals surface area contributed by atoms with E-state index >= 15 is 0 Å². The van der Waals surface area contributed by atoms with E-state index in [0.29, 0.717) is 6.07 Å². The highest BCUT2D eigenvalue weighted by atomic mass is 19.1. The second-order valence-corrected chi connectivity index (χ2v) is 3.96. The van der Waals surface area contributed by atoms with Gasteiger partial charge in [0.15, 0.2) is 0 Å². The molecule has 0 heterocycles. The molecule has 20 heavy (non-hydrogen) atoms. The van der Waals surface area contributed by atoms with Crippen LogP contribution >= 0.6 is 0 Å². The number of anilines is 1. The van der Waals surface area contributed by atoms with E-state index in [4.69, 9.17) is 9.84 Å². The van der Waals surface area contributed by atoms with Crippen LogP contribution in [0.5, 0.6) is 0 Å². The van der Waals surface area contributed by atoms with E-state index < -0.39 is 34.9 Å². The average molecular weight is 288 g/mol. The minimum atomic E-state index is -1.55. The van der Waals surface area contributed by atoms with E-state index in [-0.39, 0.29) is 13.2 Å². The third-order valence-corrected chi connectivity index (χ3v) is 2.51. The first-order valence-corrected chi connectivity index (χ1v) is 5.60. The molecule has 0 saturated heterocycles. The summed E-state index contributed by atoms with van der Waals surface area (Å²) in [7, 11) is 2.92. The van der Waals surface area contributed by atoms with Crippen LogP contribution in [0.1, 0.15) is 10.4 Å². The van der Waals surface area contributed by atoms with Crippen molar-refractivity contribution in [3.8, 4) is 0 Å². The third-order valence-electron chi connectivity index (χ3n) is 2.51. The van der Waals surface area contributed by atoms with Crippen molar-refractivity contribution in [2.24, 2.45) is 0 Å². The number of carbonyl (C=O) groups excluding carboxylic acids is 1. The van der Waals surface area contributed by atoms with Crippen LogP contribution in [0.4, 0.5) is 19.3 Å². The molecule has 8 heteroatoms. The molecule has 0 unspecified atom stereocenters. The lowest BCUT2D eigenvalue weighted by Gasteiger charge is -2.17. The highest BCUT2D eigenvalue weighted by molar-refractivity contribution is 5.93. The lowest BCUT2D eigenvalue weighted by Crippen LogP contribution is -2.34. The Kier molecular flexibility index (Phi) is 5.39. The number of likely N-dealkylation sites (N-methyl/N-ethyl adjacent to an activating group) is 1. The number of nitrogens with one attached hydrogen (secondary N) is 1. The van der Waals surface area contributed by atoms with Crippen molar-refractivity contribution in [3.63, 3.8) is 0 Å². The molecule has 0 spiro atoms. The van der Waals surface area contributed by atoms with Gasteiger partial charge in [-0.15, -0.1) is 0 Å². The smallest absolute Gasteiger partial charge is 0.338 e. The van der Waals surface area contributed by atoms with Crippen molar-refractivity contribution in [2.45, 2.75) is 0 Å². The Morgan fingerprint density at radius 2 is 2.00 bits per heavy atom. The molecule has 2 amide bonds. The van der Waals surface area contributed by atoms with Crippen molar-refractivity contribution in [3.05, 3.63) is 29.3 Å². The van der Waals surface area contributed by atoms with Crippen LogP contribution in [0.2, 0.25) is 0 Å². The van der Waals surface area contributed by atoms with Gasteiger partial charge in [0.05, 0.1) is 17.9 Å². The number of aromatic carboxylic acids is 1. The second-order valence-electron chi connectivity index (χ2n) is 3.96. The number of nitrogens with zero attached hydrogens (tertiary/aromatic N) is 1. The van der Waals surface area contributed by atoms with E-state index in [2.05, 4.69) is 5.32 Å². The summed E-state index contributed by atoms with van der Waals surface area (Å²) in [5.41, 5.74) is -1.13. The first kappa shape index (κ1) is 15.8. The summed E-state index contributed by atoms with van der Waals surface area (Å²) in [5.74, 6) is -3.81. The number of urea groups is 1. The Hall–Kier alpha value is -2.22. The van der Waals surface area contributed by atoms with Gasteiger partial charge in [-0.05, 0) is 6.07 Å². The van der Waals surface area contributed by atoms with Gasteiger partial charge in [-0.3, -0.25) is 0 Å². The van der Waals surface area contributed by atoms with Crippen LogP contribution in [0.25, 0.3) is 0 Å². The van der Waals surface area contributed by atoms with Crippen LogP contribution in [0, 0.1) is 11.6 Å². The Bertz CT molecular complexity index is 522. The monoisotopic (exact) mass is 288 g/mol. The Balaban J connectivity index is 2.89. The molecule has 0 aromatic heterocycles. The van der Waals surface area contributed by atoms with Gasteiger partial charge in [-0.25, -0.2) is 18.4 Å². The molecule has 110 valence electrons. The van der Waals surface area contributed by atoms with Gasteiger partial charge >= 0.3 is 12.0 Å². The second kappa shape index (κ2) is 6.80. The predicted octanol–water partition coefficient (Wildman–Crippen LogP) is 1.77. The standard InChI is InChI=1S/C12H14F2N2O4/c1-16(3-4-20-2)12(19)15-10-5-7(11(17)18)8(13)6-9(10)14/h5-6H,3-4H2,1-2H3,(H,15,19)(H,17,18). The molecule has 0 atom stereocenters. The van der Waals surface area contributed by atoms with E-state index in [9.17, 15) is 18.4 Å². The summed E-state index contributed by atoms with van der Waals surface area (Å²) in [4.78, 5) is 23.6. The highest BCUT2D eigenvalue weighted by Gasteiger charge is 2.17. The first-order chi connectivity index (χ1) is 9.36. The van der Waals surface area contributed by atoms with Crippen molar-refractivity contribution in [2.75, 3.05) is 32.6 Å². The summed E-state index contributed by atoms with van der Waals surface area (Å²) < 4.78 is 31.4. The zero-order valence-electron chi connectivity index (χ0n) is 10.9. The molecule has 0 bridgehead atoms. The molecule has 0 aliphatic rings. The van der Waals surface area contributed by atoms with Crippen molar-refractivity contribution in [1.82, 2.24) is 4.90 Å². The van der Waals surface area contributed by atoms with Crippen LogP contribution < -0.4 is 5.32 Å².